The summed E-state index contributed by atoms with van der Waals surface area (Å²) in [7, 11) is 3.79. The Bertz CT molecular complexity index is 275. The molecule has 1 unspecified atom stereocenters. The number of hydrogen-bond acceptors (Lipinski definition) is 4. The van der Waals surface area contributed by atoms with Gasteiger partial charge in [0.15, 0.2) is 0 Å². The van der Waals surface area contributed by atoms with E-state index in [1.807, 2.05) is 24.5 Å². The smallest absolute Gasteiger partial charge is 0.0820 e. The summed E-state index contributed by atoms with van der Waals surface area (Å²) in [5.74, 6) is 0. The standard InChI is InChI=1S/C12H21N3O/c1-15(10-12(9-13)16-2)8-5-11-3-6-14-7-4-11/h3-4,6-7,12H,5,8-10,13H2,1-2H3. The molecule has 0 aliphatic heterocycles. The molecule has 0 aliphatic rings. The summed E-state index contributed by atoms with van der Waals surface area (Å²) in [5, 5.41) is 0. The van der Waals surface area contributed by atoms with Crippen LogP contribution in [0.25, 0.3) is 0 Å². The quantitative estimate of drug-likeness (QED) is 0.732. The SMILES string of the molecule is COC(CN)CN(C)CCc1ccncc1. The minimum atomic E-state index is 0.127. The molecule has 1 atom stereocenters. The Labute approximate surface area is 97.4 Å². The molecule has 1 aromatic heterocycles. The maximum atomic E-state index is 5.58. The zero-order valence-electron chi connectivity index (χ0n) is 10.1. The molecule has 0 spiro atoms. The molecule has 2 N–H and O–H groups in total. The summed E-state index contributed by atoms with van der Waals surface area (Å²) in [6.07, 6.45) is 4.81. The van der Waals surface area contributed by atoms with E-state index in [9.17, 15) is 0 Å². The second-order valence-corrected chi connectivity index (χ2v) is 3.96. The van der Waals surface area contributed by atoms with Crippen molar-refractivity contribution >= 4 is 0 Å². The van der Waals surface area contributed by atoms with Crippen LogP contribution in [0.2, 0.25) is 0 Å². The van der Waals surface area contributed by atoms with Crippen molar-refractivity contribution in [3.05, 3.63) is 30.1 Å². The molecule has 4 nitrogen and oxygen atoms in total. The van der Waals surface area contributed by atoms with E-state index in [0.29, 0.717) is 6.54 Å². The predicted octanol–water partition coefficient (Wildman–Crippen LogP) is 0.530. The molecule has 1 rings (SSSR count). The Morgan fingerprint density at radius 1 is 1.44 bits per heavy atom. The third-order valence-corrected chi connectivity index (χ3v) is 2.64. The van der Waals surface area contributed by atoms with Gasteiger partial charge in [0, 0.05) is 39.1 Å². The van der Waals surface area contributed by atoms with Crippen LogP contribution in [0.5, 0.6) is 0 Å². The van der Waals surface area contributed by atoms with Crippen LogP contribution < -0.4 is 5.73 Å². The first-order valence-corrected chi connectivity index (χ1v) is 5.56. The lowest BCUT2D eigenvalue weighted by molar-refractivity contribution is 0.0785. The van der Waals surface area contributed by atoms with E-state index in [1.54, 1.807) is 7.11 Å². The van der Waals surface area contributed by atoms with Crippen molar-refractivity contribution in [2.45, 2.75) is 12.5 Å². The largest absolute Gasteiger partial charge is 0.379 e. The zero-order chi connectivity index (χ0) is 11.8. The Balaban J connectivity index is 2.27. The lowest BCUT2D eigenvalue weighted by Crippen LogP contribution is -2.36. The summed E-state index contributed by atoms with van der Waals surface area (Å²) in [6.45, 7) is 2.44. The van der Waals surface area contributed by atoms with Crippen LogP contribution in [0.1, 0.15) is 5.56 Å². The Hall–Kier alpha value is -0.970. The summed E-state index contributed by atoms with van der Waals surface area (Å²) in [6, 6.07) is 4.09. The Morgan fingerprint density at radius 3 is 2.69 bits per heavy atom. The number of nitrogens with two attached hydrogens (primary N) is 1. The first-order chi connectivity index (χ1) is 7.76. The Kier molecular flexibility index (Phi) is 6.00. The van der Waals surface area contributed by atoms with Gasteiger partial charge in [-0.3, -0.25) is 4.98 Å². The van der Waals surface area contributed by atoms with Gasteiger partial charge in [-0.2, -0.15) is 0 Å². The Morgan fingerprint density at radius 2 is 2.12 bits per heavy atom. The highest BCUT2D eigenvalue weighted by Crippen LogP contribution is 2.00. The molecule has 0 aliphatic carbocycles. The summed E-state index contributed by atoms with van der Waals surface area (Å²) >= 11 is 0. The van der Waals surface area contributed by atoms with Crippen molar-refractivity contribution in [3.63, 3.8) is 0 Å². The highest BCUT2D eigenvalue weighted by molar-refractivity contribution is 5.09. The van der Waals surface area contributed by atoms with Crippen LogP contribution >= 0.6 is 0 Å². The van der Waals surface area contributed by atoms with Crippen molar-refractivity contribution in [2.75, 3.05) is 33.8 Å². The second-order valence-electron chi connectivity index (χ2n) is 3.96. The summed E-state index contributed by atoms with van der Waals surface area (Å²) < 4.78 is 5.25. The number of rotatable bonds is 7. The lowest BCUT2D eigenvalue weighted by atomic mass is 10.2. The average molecular weight is 223 g/mol. The van der Waals surface area contributed by atoms with Crippen molar-refractivity contribution in [1.29, 1.82) is 0 Å². The molecular weight excluding hydrogens is 202 g/mol. The van der Waals surface area contributed by atoms with Gasteiger partial charge in [-0.05, 0) is 31.2 Å². The van der Waals surface area contributed by atoms with E-state index in [2.05, 4.69) is 16.9 Å². The minimum Gasteiger partial charge on any atom is -0.379 e. The monoisotopic (exact) mass is 223 g/mol. The zero-order valence-corrected chi connectivity index (χ0v) is 10.1. The first kappa shape index (κ1) is 13.1. The molecule has 0 radical (unpaired) electrons. The molecule has 0 amide bonds. The molecule has 0 aromatic carbocycles. The van der Waals surface area contributed by atoms with Crippen molar-refractivity contribution < 1.29 is 4.74 Å². The van der Waals surface area contributed by atoms with Crippen LogP contribution in [-0.2, 0) is 11.2 Å². The van der Waals surface area contributed by atoms with Crippen LogP contribution in [0, 0.1) is 0 Å². The second kappa shape index (κ2) is 7.33. The summed E-state index contributed by atoms with van der Waals surface area (Å²) in [4.78, 5) is 6.23. The van der Waals surface area contributed by atoms with Crippen LogP contribution in [0.4, 0.5) is 0 Å². The van der Waals surface area contributed by atoms with Crippen molar-refractivity contribution in [3.8, 4) is 0 Å². The van der Waals surface area contributed by atoms with E-state index in [0.717, 1.165) is 19.5 Å². The number of ether oxygens (including phenoxy) is 1. The number of hydrogen-bond donors (Lipinski definition) is 1. The molecule has 1 heterocycles. The highest BCUT2D eigenvalue weighted by atomic mass is 16.5. The normalized spacial score (nSPS) is 13.0. The van der Waals surface area contributed by atoms with Crippen molar-refractivity contribution in [1.82, 2.24) is 9.88 Å². The van der Waals surface area contributed by atoms with Crippen LogP contribution in [-0.4, -0.2) is 49.8 Å². The maximum absolute atomic E-state index is 5.58. The van der Waals surface area contributed by atoms with Crippen molar-refractivity contribution in [2.24, 2.45) is 5.73 Å². The van der Waals surface area contributed by atoms with Gasteiger partial charge in [-0.15, -0.1) is 0 Å². The van der Waals surface area contributed by atoms with E-state index < -0.39 is 0 Å². The maximum Gasteiger partial charge on any atom is 0.0820 e. The van der Waals surface area contributed by atoms with Gasteiger partial charge < -0.3 is 15.4 Å². The van der Waals surface area contributed by atoms with Gasteiger partial charge in [0.25, 0.3) is 0 Å². The average Bonchev–Trinajstić information content (AvgIpc) is 2.34. The summed E-state index contributed by atoms with van der Waals surface area (Å²) in [5.41, 5.74) is 6.89. The van der Waals surface area contributed by atoms with Gasteiger partial charge in [-0.1, -0.05) is 0 Å². The van der Waals surface area contributed by atoms with E-state index in [4.69, 9.17) is 10.5 Å². The fourth-order valence-corrected chi connectivity index (χ4v) is 1.55. The van der Waals surface area contributed by atoms with E-state index >= 15 is 0 Å². The predicted molar refractivity (Wildman–Crippen MR) is 65.3 cm³/mol. The third kappa shape index (κ3) is 4.70. The lowest BCUT2D eigenvalue weighted by Gasteiger charge is -2.21. The van der Waals surface area contributed by atoms with Crippen LogP contribution in [0.15, 0.2) is 24.5 Å². The number of nitrogens with zero attached hydrogens (tertiary/aromatic N) is 2. The molecule has 0 saturated heterocycles. The minimum absolute atomic E-state index is 0.127. The van der Waals surface area contributed by atoms with Crippen LogP contribution in [0.3, 0.4) is 0 Å². The fraction of sp³-hybridized carbons (Fsp3) is 0.583. The molecule has 90 valence electrons. The topological polar surface area (TPSA) is 51.4 Å². The number of methoxy groups -OCH3 is 1. The third-order valence-electron chi connectivity index (χ3n) is 2.64. The molecular formula is C12H21N3O. The molecule has 0 saturated carbocycles. The molecule has 0 fully saturated rings. The van der Waals surface area contributed by atoms with Gasteiger partial charge in [0.05, 0.1) is 6.10 Å². The fourth-order valence-electron chi connectivity index (χ4n) is 1.55. The molecule has 0 bridgehead atoms. The van der Waals surface area contributed by atoms with Gasteiger partial charge in [0.2, 0.25) is 0 Å². The first-order valence-electron chi connectivity index (χ1n) is 5.56. The molecule has 1 aromatic rings. The van der Waals surface area contributed by atoms with Gasteiger partial charge in [-0.25, -0.2) is 0 Å². The van der Waals surface area contributed by atoms with Gasteiger partial charge >= 0.3 is 0 Å². The van der Waals surface area contributed by atoms with E-state index in [-0.39, 0.29) is 6.10 Å². The highest BCUT2D eigenvalue weighted by Gasteiger charge is 2.08. The van der Waals surface area contributed by atoms with E-state index in [1.165, 1.54) is 5.56 Å². The molecule has 16 heavy (non-hydrogen) atoms. The number of likely N-dealkylation sites (N-methyl/N-ethyl adjacent to an activating group) is 1. The van der Waals surface area contributed by atoms with Gasteiger partial charge in [0.1, 0.15) is 0 Å². The molecule has 4 heteroatoms. The number of pyridine rings is 1. The number of aromatic nitrogens is 1.